The normalized spacial score (nSPS) is 25.8. The lowest BCUT2D eigenvalue weighted by molar-refractivity contribution is 0.156. The SMILES string of the molecule is CSc1cccc([C@@]23CC[C@@H](N(CCCN4CCCC4)C(=O)Nc4ccc(F)c(F)c4)CC2C3)c1. The van der Waals surface area contributed by atoms with E-state index in [9.17, 15) is 13.6 Å². The van der Waals surface area contributed by atoms with Crippen molar-refractivity contribution < 1.29 is 13.6 Å². The third-order valence-electron chi connectivity index (χ3n) is 8.30. The van der Waals surface area contributed by atoms with Gasteiger partial charge in [0.15, 0.2) is 11.6 Å². The topological polar surface area (TPSA) is 35.6 Å². The highest BCUT2D eigenvalue weighted by Gasteiger charge is 2.58. The average molecular weight is 500 g/mol. The first-order valence-corrected chi connectivity index (χ1v) is 14.1. The van der Waals surface area contributed by atoms with E-state index in [4.69, 9.17) is 0 Å². The summed E-state index contributed by atoms with van der Waals surface area (Å²) in [5.74, 6) is -1.26. The van der Waals surface area contributed by atoms with Crippen molar-refractivity contribution in [2.24, 2.45) is 5.92 Å². The van der Waals surface area contributed by atoms with E-state index in [1.165, 1.54) is 35.8 Å². The number of anilines is 1. The maximum atomic E-state index is 13.7. The summed E-state index contributed by atoms with van der Waals surface area (Å²) in [6.45, 7) is 3.96. The Morgan fingerprint density at radius 3 is 2.74 bits per heavy atom. The predicted octanol–water partition coefficient (Wildman–Crippen LogP) is 6.52. The monoisotopic (exact) mass is 499 g/mol. The van der Waals surface area contributed by atoms with Gasteiger partial charge in [0.25, 0.3) is 0 Å². The van der Waals surface area contributed by atoms with E-state index >= 15 is 0 Å². The summed E-state index contributed by atoms with van der Waals surface area (Å²) in [5, 5.41) is 2.83. The number of halogens is 2. The van der Waals surface area contributed by atoms with E-state index in [0.29, 0.717) is 18.2 Å². The predicted molar refractivity (Wildman–Crippen MR) is 138 cm³/mol. The molecule has 0 bridgehead atoms. The second kappa shape index (κ2) is 10.5. The van der Waals surface area contributed by atoms with Crippen LogP contribution in [0.4, 0.5) is 19.3 Å². The van der Waals surface area contributed by atoms with Gasteiger partial charge in [0.2, 0.25) is 0 Å². The number of benzene rings is 2. The molecular weight excluding hydrogens is 464 g/mol. The molecule has 5 rings (SSSR count). The second-order valence-electron chi connectivity index (χ2n) is 10.4. The molecule has 4 nitrogen and oxygen atoms in total. The molecule has 1 heterocycles. The molecule has 0 spiro atoms. The van der Waals surface area contributed by atoms with Crippen LogP contribution in [0.25, 0.3) is 0 Å². The van der Waals surface area contributed by atoms with Crippen LogP contribution < -0.4 is 5.32 Å². The molecule has 1 aliphatic heterocycles. The Bertz CT molecular complexity index is 1060. The van der Waals surface area contributed by atoms with Gasteiger partial charge in [0, 0.05) is 29.2 Å². The van der Waals surface area contributed by atoms with Gasteiger partial charge >= 0.3 is 6.03 Å². The Morgan fingerprint density at radius 2 is 2.00 bits per heavy atom. The third kappa shape index (κ3) is 5.36. The molecule has 3 atom stereocenters. The van der Waals surface area contributed by atoms with Crippen LogP contribution in [0.5, 0.6) is 0 Å². The number of hydrogen-bond acceptors (Lipinski definition) is 3. The quantitative estimate of drug-likeness (QED) is 0.420. The first kappa shape index (κ1) is 24.6. The molecule has 2 saturated carbocycles. The molecule has 1 saturated heterocycles. The fraction of sp³-hybridized carbons (Fsp3) is 0.536. The summed E-state index contributed by atoms with van der Waals surface area (Å²) in [4.78, 5) is 19.1. The number of rotatable bonds is 8. The van der Waals surface area contributed by atoms with E-state index in [1.807, 2.05) is 4.90 Å². The van der Waals surface area contributed by atoms with Crippen LogP contribution in [-0.2, 0) is 5.41 Å². The average Bonchev–Trinajstić information content (AvgIpc) is 3.38. The zero-order chi connectivity index (χ0) is 24.4. The lowest BCUT2D eigenvalue weighted by atomic mass is 9.80. The molecular formula is C28H35F2N3OS. The number of thioether (sulfide) groups is 1. The fourth-order valence-corrected chi connectivity index (χ4v) is 6.73. The molecule has 0 aromatic heterocycles. The zero-order valence-electron chi connectivity index (χ0n) is 20.4. The number of carbonyl (C=O) groups excluding carboxylic acids is 1. The Hall–Kier alpha value is -2.12. The summed E-state index contributed by atoms with van der Waals surface area (Å²) in [6.07, 6.45) is 9.79. The van der Waals surface area contributed by atoms with Crippen LogP contribution in [0.3, 0.4) is 0 Å². The molecule has 0 radical (unpaired) electrons. The van der Waals surface area contributed by atoms with Gasteiger partial charge in [0.05, 0.1) is 0 Å². The molecule has 188 valence electrons. The number of nitrogens with one attached hydrogen (secondary N) is 1. The van der Waals surface area contributed by atoms with Crippen LogP contribution in [0.2, 0.25) is 0 Å². The number of carbonyl (C=O) groups is 1. The van der Waals surface area contributed by atoms with Gasteiger partial charge < -0.3 is 15.1 Å². The van der Waals surface area contributed by atoms with Crippen LogP contribution >= 0.6 is 11.8 Å². The molecule has 3 aliphatic rings. The number of fused-ring (bicyclic) bond motifs is 1. The van der Waals surface area contributed by atoms with Gasteiger partial charge in [-0.25, -0.2) is 13.6 Å². The molecule has 1 N–H and O–H groups in total. The largest absolute Gasteiger partial charge is 0.322 e. The summed E-state index contributed by atoms with van der Waals surface area (Å²) in [7, 11) is 0. The Labute approximate surface area is 211 Å². The highest BCUT2D eigenvalue weighted by molar-refractivity contribution is 7.98. The molecule has 35 heavy (non-hydrogen) atoms. The van der Waals surface area contributed by atoms with Crippen molar-refractivity contribution in [3.63, 3.8) is 0 Å². The zero-order valence-corrected chi connectivity index (χ0v) is 21.3. The minimum absolute atomic E-state index is 0.170. The van der Waals surface area contributed by atoms with E-state index in [0.717, 1.165) is 57.5 Å². The van der Waals surface area contributed by atoms with Crippen LogP contribution in [0.1, 0.15) is 50.5 Å². The van der Waals surface area contributed by atoms with E-state index < -0.39 is 11.6 Å². The van der Waals surface area contributed by atoms with Gasteiger partial charge in [0.1, 0.15) is 0 Å². The van der Waals surface area contributed by atoms with Gasteiger partial charge in [-0.3, -0.25) is 0 Å². The van der Waals surface area contributed by atoms with E-state index in [-0.39, 0.29) is 17.5 Å². The molecule has 2 aromatic rings. The highest BCUT2D eigenvalue weighted by atomic mass is 32.2. The Morgan fingerprint density at radius 1 is 1.17 bits per heavy atom. The first-order chi connectivity index (χ1) is 17.0. The van der Waals surface area contributed by atoms with Crippen molar-refractivity contribution in [2.45, 2.75) is 61.3 Å². The molecule has 2 aliphatic carbocycles. The molecule has 2 aromatic carbocycles. The highest BCUT2D eigenvalue weighted by Crippen LogP contribution is 2.63. The van der Waals surface area contributed by atoms with Crippen molar-refractivity contribution in [3.8, 4) is 0 Å². The summed E-state index contributed by atoms with van der Waals surface area (Å²) < 4.78 is 27.1. The number of nitrogens with zero attached hydrogens (tertiary/aromatic N) is 2. The van der Waals surface area contributed by atoms with Crippen molar-refractivity contribution >= 4 is 23.5 Å². The minimum Gasteiger partial charge on any atom is -0.321 e. The van der Waals surface area contributed by atoms with Gasteiger partial charge in [-0.2, -0.15) is 0 Å². The standard InChI is InChI=1S/C28H35F2N3OS/c1-35-24-7-4-6-20(17-24)28-11-10-23(16-21(28)19-28)33(15-5-14-32-12-2-3-13-32)27(34)31-22-8-9-25(29)26(30)18-22/h4,6-9,17-18,21,23H,2-3,5,10-16,19H2,1H3,(H,31,34)/t21?,23-,28+/m1/s1. The molecule has 1 unspecified atom stereocenters. The van der Waals surface area contributed by atoms with E-state index in [2.05, 4.69) is 40.7 Å². The van der Waals surface area contributed by atoms with Gasteiger partial charge in [-0.1, -0.05) is 12.1 Å². The fourth-order valence-electron chi connectivity index (χ4n) is 6.27. The maximum Gasteiger partial charge on any atom is 0.322 e. The lowest BCUT2D eigenvalue weighted by Crippen LogP contribution is -2.46. The van der Waals surface area contributed by atoms with Crippen molar-refractivity contribution in [2.75, 3.05) is 37.8 Å². The molecule has 2 amide bonds. The lowest BCUT2D eigenvalue weighted by Gasteiger charge is -2.37. The van der Waals surface area contributed by atoms with Gasteiger partial charge in [-0.05, 0) is 112 Å². The van der Waals surface area contributed by atoms with Crippen molar-refractivity contribution in [3.05, 3.63) is 59.7 Å². The minimum atomic E-state index is -0.948. The van der Waals surface area contributed by atoms with Gasteiger partial charge in [-0.15, -0.1) is 11.8 Å². The van der Waals surface area contributed by atoms with Crippen LogP contribution in [0.15, 0.2) is 47.4 Å². The van der Waals surface area contributed by atoms with Crippen LogP contribution in [0, 0.1) is 17.6 Å². The Kier molecular flexibility index (Phi) is 7.35. The molecule has 7 heteroatoms. The Balaban J connectivity index is 1.27. The van der Waals surface area contributed by atoms with Crippen LogP contribution in [-0.4, -0.2) is 54.3 Å². The van der Waals surface area contributed by atoms with Crippen molar-refractivity contribution in [1.82, 2.24) is 9.80 Å². The first-order valence-electron chi connectivity index (χ1n) is 12.9. The maximum absolute atomic E-state index is 13.7. The summed E-state index contributed by atoms with van der Waals surface area (Å²) in [6, 6.07) is 12.4. The number of hydrogen-bond donors (Lipinski definition) is 1. The number of amides is 2. The summed E-state index contributed by atoms with van der Waals surface area (Å²) in [5.41, 5.74) is 2.00. The number of likely N-dealkylation sites (tertiary alicyclic amines) is 1. The van der Waals surface area contributed by atoms with E-state index in [1.54, 1.807) is 11.8 Å². The smallest absolute Gasteiger partial charge is 0.321 e. The summed E-state index contributed by atoms with van der Waals surface area (Å²) >= 11 is 1.78. The molecule has 3 fully saturated rings. The number of urea groups is 1. The second-order valence-corrected chi connectivity index (χ2v) is 11.3. The van der Waals surface area contributed by atoms with Crippen molar-refractivity contribution in [1.29, 1.82) is 0 Å². The third-order valence-corrected chi connectivity index (χ3v) is 9.03.